The summed E-state index contributed by atoms with van der Waals surface area (Å²) in [5.74, 6) is -0.447. The number of hydrogen-bond donors (Lipinski definition) is 1. The highest BCUT2D eigenvalue weighted by Crippen LogP contribution is 2.21. The number of benzene rings is 1. The zero-order chi connectivity index (χ0) is 11.7. The second-order valence-electron chi connectivity index (χ2n) is 3.67. The van der Waals surface area contributed by atoms with Gasteiger partial charge in [-0.3, -0.25) is 4.79 Å². The van der Waals surface area contributed by atoms with Crippen LogP contribution in [0.1, 0.15) is 17.3 Å². The number of carbonyl (C=O) groups is 1. The smallest absolute Gasteiger partial charge is 0.179 e. The number of fused-ring (bicyclic) bond motifs is 1. The molecule has 1 N–H and O–H groups in total. The molecule has 0 spiro atoms. The van der Waals surface area contributed by atoms with Crippen LogP contribution in [0.3, 0.4) is 0 Å². The van der Waals surface area contributed by atoms with Gasteiger partial charge in [0.25, 0.3) is 0 Å². The van der Waals surface area contributed by atoms with E-state index in [1.165, 1.54) is 0 Å². The Morgan fingerprint density at radius 1 is 1.50 bits per heavy atom. The number of furan rings is 1. The first-order valence-corrected chi connectivity index (χ1v) is 5.01. The van der Waals surface area contributed by atoms with E-state index < -0.39 is 5.82 Å². The quantitative estimate of drug-likeness (QED) is 0.809. The van der Waals surface area contributed by atoms with Crippen molar-refractivity contribution in [3.8, 4) is 0 Å². The Hall–Kier alpha value is -1.68. The van der Waals surface area contributed by atoms with Crippen molar-refractivity contribution in [1.82, 2.24) is 5.32 Å². The van der Waals surface area contributed by atoms with E-state index in [4.69, 9.17) is 4.42 Å². The summed E-state index contributed by atoms with van der Waals surface area (Å²) in [6, 6.07) is 4.47. The minimum Gasteiger partial charge on any atom is -0.461 e. The minimum absolute atomic E-state index is 0.0405. The van der Waals surface area contributed by atoms with E-state index in [1.807, 2.05) is 0 Å². The molecule has 0 fully saturated rings. The maximum atomic E-state index is 13.1. The number of hydrogen-bond acceptors (Lipinski definition) is 3. The highest BCUT2D eigenvalue weighted by Gasteiger charge is 2.15. The molecule has 3 nitrogen and oxygen atoms in total. The molecule has 2 aromatic rings. The summed E-state index contributed by atoms with van der Waals surface area (Å²) in [5, 5.41) is 3.26. The fourth-order valence-electron chi connectivity index (χ4n) is 1.53. The molecular weight excluding hydrogens is 209 g/mol. The molecule has 1 aromatic heterocycles. The zero-order valence-electron chi connectivity index (χ0n) is 9.08. The molecule has 0 bridgehead atoms. The van der Waals surface area contributed by atoms with Gasteiger partial charge in [-0.15, -0.1) is 0 Å². The zero-order valence-corrected chi connectivity index (χ0v) is 9.08. The van der Waals surface area contributed by atoms with E-state index in [-0.39, 0.29) is 11.8 Å². The van der Waals surface area contributed by atoms with Crippen molar-refractivity contribution in [1.29, 1.82) is 0 Å². The van der Waals surface area contributed by atoms with Crippen LogP contribution in [0.5, 0.6) is 0 Å². The molecule has 0 aliphatic heterocycles. The van der Waals surface area contributed by atoms with E-state index in [0.717, 1.165) is 6.26 Å². The number of halogens is 1. The van der Waals surface area contributed by atoms with Crippen molar-refractivity contribution >= 4 is 16.8 Å². The van der Waals surface area contributed by atoms with Crippen LogP contribution in [-0.4, -0.2) is 18.9 Å². The van der Waals surface area contributed by atoms with E-state index in [2.05, 4.69) is 5.32 Å². The predicted molar refractivity (Wildman–Crippen MR) is 59.0 cm³/mol. The van der Waals surface area contributed by atoms with Gasteiger partial charge in [0, 0.05) is 5.56 Å². The summed E-state index contributed by atoms with van der Waals surface area (Å²) in [5.41, 5.74) is 0.912. The van der Waals surface area contributed by atoms with Gasteiger partial charge >= 0.3 is 0 Å². The van der Waals surface area contributed by atoms with Crippen molar-refractivity contribution in [2.45, 2.75) is 13.0 Å². The van der Waals surface area contributed by atoms with Crippen molar-refractivity contribution in [3.63, 3.8) is 0 Å². The number of nitrogens with one attached hydrogen (secondary N) is 1. The van der Waals surface area contributed by atoms with Crippen LogP contribution >= 0.6 is 0 Å². The molecule has 1 heterocycles. The molecule has 0 aliphatic carbocycles. The highest BCUT2D eigenvalue weighted by atomic mass is 19.1. The number of rotatable bonds is 3. The summed E-state index contributed by atoms with van der Waals surface area (Å²) < 4.78 is 18.1. The fraction of sp³-hybridized carbons (Fsp3) is 0.250. The highest BCUT2D eigenvalue weighted by molar-refractivity contribution is 6.02. The Morgan fingerprint density at radius 2 is 2.25 bits per heavy atom. The van der Waals surface area contributed by atoms with Crippen LogP contribution < -0.4 is 5.32 Å². The van der Waals surface area contributed by atoms with Crippen LogP contribution in [0.25, 0.3) is 11.0 Å². The van der Waals surface area contributed by atoms with Crippen LogP contribution in [-0.2, 0) is 0 Å². The lowest BCUT2D eigenvalue weighted by Gasteiger charge is -2.08. The van der Waals surface area contributed by atoms with Gasteiger partial charge < -0.3 is 9.73 Å². The van der Waals surface area contributed by atoms with E-state index in [0.29, 0.717) is 16.5 Å². The van der Waals surface area contributed by atoms with Gasteiger partial charge in [-0.2, -0.15) is 0 Å². The molecule has 0 radical (unpaired) electrons. The molecule has 4 heteroatoms. The topological polar surface area (TPSA) is 42.2 Å². The Balaban J connectivity index is 2.43. The van der Waals surface area contributed by atoms with Gasteiger partial charge in [0.05, 0.1) is 11.4 Å². The maximum absolute atomic E-state index is 13.1. The summed E-state index contributed by atoms with van der Waals surface area (Å²) in [6.07, 6.45) is 1.04. The third-order valence-electron chi connectivity index (χ3n) is 2.64. The van der Waals surface area contributed by atoms with Crippen molar-refractivity contribution < 1.29 is 13.6 Å². The third kappa shape index (κ3) is 1.72. The first-order valence-electron chi connectivity index (χ1n) is 5.01. The van der Waals surface area contributed by atoms with Gasteiger partial charge in [-0.25, -0.2) is 4.39 Å². The summed E-state index contributed by atoms with van der Waals surface area (Å²) in [7, 11) is 1.72. The average Bonchev–Trinajstić information content (AvgIpc) is 2.68. The molecular formula is C12H12FNO2. The summed E-state index contributed by atoms with van der Waals surface area (Å²) in [4.78, 5) is 11.8. The molecule has 2 rings (SSSR count). The average molecular weight is 221 g/mol. The first-order chi connectivity index (χ1) is 7.63. The van der Waals surface area contributed by atoms with Crippen LogP contribution in [0, 0.1) is 5.82 Å². The lowest BCUT2D eigenvalue weighted by molar-refractivity contribution is 0.0955. The number of likely N-dealkylation sites (N-methyl/N-ethyl adjacent to an activating group) is 1. The Bertz CT molecular complexity index is 533. The van der Waals surface area contributed by atoms with E-state index in [1.54, 1.807) is 32.2 Å². The minimum atomic E-state index is -0.407. The van der Waals surface area contributed by atoms with Crippen molar-refractivity contribution in [2.24, 2.45) is 0 Å². The second-order valence-corrected chi connectivity index (χ2v) is 3.67. The largest absolute Gasteiger partial charge is 0.461 e. The third-order valence-corrected chi connectivity index (χ3v) is 2.64. The molecule has 84 valence electrons. The molecule has 1 aromatic carbocycles. The SMILES string of the molecule is CNC(C)C(=O)c1ccc2c(F)coc2c1. The fourth-order valence-corrected chi connectivity index (χ4v) is 1.53. The van der Waals surface area contributed by atoms with Gasteiger partial charge in [-0.05, 0) is 26.1 Å². The van der Waals surface area contributed by atoms with Gasteiger partial charge in [0.1, 0.15) is 11.8 Å². The molecule has 0 amide bonds. The predicted octanol–water partition coefficient (Wildman–Crippen LogP) is 2.36. The van der Waals surface area contributed by atoms with E-state index in [9.17, 15) is 9.18 Å². The number of carbonyl (C=O) groups excluding carboxylic acids is 1. The monoisotopic (exact) mass is 221 g/mol. The lowest BCUT2D eigenvalue weighted by Crippen LogP contribution is -2.30. The second kappa shape index (κ2) is 4.06. The molecule has 1 atom stereocenters. The van der Waals surface area contributed by atoms with Gasteiger partial charge in [0.2, 0.25) is 0 Å². The molecule has 0 aliphatic rings. The summed E-state index contributed by atoms with van der Waals surface area (Å²) >= 11 is 0. The van der Waals surface area contributed by atoms with Gasteiger partial charge in [-0.1, -0.05) is 6.07 Å². The normalized spacial score (nSPS) is 12.9. The number of ketones is 1. The van der Waals surface area contributed by atoms with Crippen molar-refractivity contribution in [3.05, 3.63) is 35.8 Å². The van der Waals surface area contributed by atoms with Crippen LogP contribution in [0.15, 0.2) is 28.9 Å². The maximum Gasteiger partial charge on any atom is 0.179 e. The van der Waals surface area contributed by atoms with Gasteiger partial charge in [0.15, 0.2) is 11.6 Å². The lowest BCUT2D eigenvalue weighted by atomic mass is 10.0. The molecule has 0 saturated heterocycles. The Kier molecular flexibility index (Phi) is 2.75. The summed E-state index contributed by atoms with van der Waals surface area (Å²) in [6.45, 7) is 1.77. The molecule has 16 heavy (non-hydrogen) atoms. The molecule has 1 unspecified atom stereocenters. The van der Waals surface area contributed by atoms with Crippen molar-refractivity contribution in [2.75, 3.05) is 7.05 Å². The Morgan fingerprint density at radius 3 is 2.94 bits per heavy atom. The molecule has 0 saturated carbocycles. The number of Topliss-reactive ketones (excluding diaryl/α,β-unsaturated/α-hetero) is 1. The van der Waals surface area contributed by atoms with Crippen LogP contribution in [0.4, 0.5) is 4.39 Å². The van der Waals surface area contributed by atoms with Crippen LogP contribution in [0.2, 0.25) is 0 Å². The van der Waals surface area contributed by atoms with E-state index >= 15 is 0 Å². The Labute approximate surface area is 92.2 Å². The standard InChI is InChI=1S/C12H12FNO2/c1-7(14-2)12(15)8-3-4-9-10(13)6-16-11(9)5-8/h3-7,14H,1-2H3. The first kappa shape index (κ1) is 10.8.